The van der Waals surface area contributed by atoms with Crippen molar-refractivity contribution in [3.8, 4) is 0 Å². The van der Waals surface area contributed by atoms with Gasteiger partial charge in [0, 0.05) is 19.8 Å². The highest BCUT2D eigenvalue weighted by Crippen LogP contribution is 2.22. The lowest BCUT2D eigenvalue weighted by atomic mass is 10.3. The molecule has 2 heterocycles. The first kappa shape index (κ1) is 11.1. The van der Waals surface area contributed by atoms with Gasteiger partial charge in [0.25, 0.3) is 0 Å². The van der Waals surface area contributed by atoms with Crippen molar-refractivity contribution >= 4 is 11.8 Å². The van der Waals surface area contributed by atoms with E-state index in [-0.39, 0.29) is 0 Å². The summed E-state index contributed by atoms with van der Waals surface area (Å²) < 4.78 is 1.73. The second-order valence-corrected chi connectivity index (χ2v) is 4.29. The Morgan fingerprint density at radius 1 is 1.38 bits per heavy atom. The summed E-state index contributed by atoms with van der Waals surface area (Å²) in [6, 6.07) is 4.05. The van der Waals surface area contributed by atoms with Crippen molar-refractivity contribution in [2.24, 2.45) is 7.05 Å². The van der Waals surface area contributed by atoms with Crippen molar-refractivity contribution < 1.29 is 0 Å². The number of pyridine rings is 1. The maximum Gasteiger partial charge on any atom is 0.192 e. The van der Waals surface area contributed by atoms with E-state index in [2.05, 4.69) is 26.4 Å². The summed E-state index contributed by atoms with van der Waals surface area (Å²) in [7, 11) is 3.78. The molecule has 0 fully saturated rings. The molecule has 6 heteroatoms. The molecule has 0 aliphatic carbocycles. The molecule has 0 bridgehead atoms. The van der Waals surface area contributed by atoms with E-state index in [1.807, 2.05) is 26.4 Å². The zero-order valence-electron chi connectivity index (χ0n) is 9.21. The minimum absolute atomic E-state index is 0.835. The fourth-order valence-corrected chi connectivity index (χ4v) is 1.96. The van der Waals surface area contributed by atoms with Crippen LogP contribution in [0, 0.1) is 0 Å². The van der Waals surface area contributed by atoms with Crippen molar-refractivity contribution in [3.05, 3.63) is 30.2 Å². The smallest absolute Gasteiger partial charge is 0.192 e. The third-order valence-electron chi connectivity index (χ3n) is 2.04. The molecule has 16 heavy (non-hydrogen) atoms. The van der Waals surface area contributed by atoms with Gasteiger partial charge in [0.2, 0.25) is 0 Å². The van der Waals surface area contributed by atoms with E-state index >= 15 is 0 Å². The van der Waals surface area contributed by atoms with Crippen LogP contribution < -0.4 is 5.32 Å². The number of nitrogens with zero attached hydrogens (tertiary/aromatic N) is 4. The lowest BCUT2D eigenvalue weighted by molar-refractivity contribution is 0.684. The maximum absolute atomic E-state index is 4.36. The maximum atomic E-state index is 4.36. The van der Waals surface area contributed by atoms with Crippen LogP contribution in [0.1, 0.15) is 5.56 Å². The van der Waals surface area contributed by atoms with Gasteiger partial charge in [0.05, 0.1) is 0 Å². The van der Waals surface area contributed by atoms with E-state index in [0.717, 1.165) is 16.7 Å². The van der Waals surface area contributed by atoms with Gasteiger partial charge in [-0.2, -0.15) is 5.10 Å². The van der Waals surface area contributed by atoms with Gasteiger partial charge in [-0.15, -0.1) is 0 Å². The first-order chi connectivity index (χ1) is 7.79. The van der Waals surface area contributed by atoms with Gasteiger partial charge in [-0.1, -0.05) is 6.07 Å². The Kier molecular flexibility index (Phi) is 3.53. The molecule has 0 amide bonds. The van der Waals surface area contributed by atoms with Crippen LogP contribution >= 0.6 is 11.8 Å². The number of nitrogens with one attached hydrogen (secondary N) is 1. The van der Waals surface area contributed by atoms with Crippen molar-refractivity contribution in [1.29, 1.82) is 0 Å². The number of aromatic nitrogens is 4. The zero-order chi connectivity index (χ0) is 11.4. The van der Waals surface area contributed by atoms with E-state index < -0.39 is 0 Å². The van der Waals surface area contributed by atoms with Crippen LogP contribution in [0.15, 0.2) is 34.8 Å². The first-order valence-electron chi connectivity index (χ1n) is 4.91. The Morgan fingerprint density at radius 3 is 2.81 bits per heavy atom. The van der Waals surface area contributed by atoms with Crippen LogP contribution in [-0.2, 0) is 13.6 Å². The second kappa shape index (κ2) is 5.09. The summed E-state index contributed by atoms with van der Waals surface area (Å²) in [6.45, 7) is 0.835. The van der Waals surface area contributed by atoms with E-state index in [1.54, 1.807) is 4.68 Å². The molecule has 2 rings (SSSR count). The average molecular weight is 235 g/mol. The average Bonchev–Trinajstić information content (AvgIpc) is 2.68. The molecule has 0 unspecified atom stereocenters. The minimum Gasteiger partial charge on any atom is -0.316 e. The molecule has 2 aromatic rings. The van der Waals surface area contributed by atoms with Crippen LogP contribution in [0.3, 0.4) is 0 Å². The van der Waals surface area contributed by atoms with Crippen molar-refractivity contribution in [3.63, 3.8) is 0 Å². The van der Waals surface area contributed by atoms with Crippen LogP contribution in [0.2, 0.25) is 0 Å². The topological polar surface area (TPSA) is 55.6 Å². The van der Waals surface area contributed by atoms with Crippen molar-refractivity contribution in [2.75, 3.05) is 7.05 Å². The second-order valence-electron chi connectivity index (χ2n) is 3.30. The number of hydrogen-bond donors (Lipinski definition) is 1. The largest absolute Gasteiger partial charge is 0.316 e. The molecule has 0 aromatic carbocycles. The standard InChI is InChI=1S/C10H13N5S/c1-11-5-8-3-4-9(12-6-8)16-10-13-7-14-15(10)2/h3-4,6-7,11H,5H2,1-2H3. The summed E-state index contributed by atoms with van der Waals surface area (Å²) in [5, 5.41) is 8.86. The molecule has 1 N–H and O–H groups in total. The Bertz CT molecular complexity index is 450. The third kappa shape index (κ3) is 2.59. The Morgan fingerprint density at radius 2 is 2.25 bits per heavy atom. The van der Waals surface area contributed by atoms with E-state index in [0.29, 0.717) is 0 Å². The SMILES string of the molecule is CNCc1ccc(Sc2ncnn2C)nc1. The quantitative estimate of drug-likeness (QED) is 0.859. The predicted octanol–water partition coefficient (Wildman–Crippen LogP) is 1.08. The lowest BCUT2D eigenvalue weighted by Crippen LogP contribution is -2.05. The van der Waals surface area contributed by atoms with Gasteiger partial charge in [-0.3, -0.25) is 0 Å². The molecule has 0 saturated carbocycles. The van der Waals surface area contributed by atoms with Gasteiger partial charge >= 0.3 is 0 Å². The normalized spacial score (nSPS) is 10.6. The van der Waals surface area contributed by atoms with Gasteiger partial charge in [0.15, 0.2) is 5.16 Å². The number of rotatable bonds is 4. The van der Waals surface area contributed by atoms with Gasteiger partial charge in [-0.05, 0) is 30.4 Å². The summed E-state index contributed by atoms with van der Waals surface area (Å²) in [6.07, 6.45) is 3.41. The predicted molar refractivity (Wildman–Crippen MR) is 62.1 cm³/mol. The van der Waals surface area contributed by atoms with Gasteiger partial charge in [0.1, 0.15) is 11.4 Å². The molecule has 0 aliphatic heterocycles. The lowest BCUT2D eigenvalue weighted by Gasteiger charge is -2.02. The fourth-order valence-electron chi connectivity index (χ4n) is 1.25. The Labute approximate surface area is 98.3 Å². The van der Waals surface area contributed by atoms with Crippen LogP contribution in [0.4, 0.5) is 0 Å². The zero-order valence-corrected chi connectivity index (χ0v) is 10.0. The molecule has 0 spiro atoms. The summed E-state index contributed by atoms with van der Waals surface area (Å²) in [4.78, 5) is 8.49. The number of aryl methyl sites for hydroxylation is 1. The molecular formula is C10H13N5S. The molecule has 2 aromatic heterocycles. The third-order valence-corrected chi connectivity index (χ3v) is 3.05. The molecule has 84 valence electrons. The van der Waals surface area contributed by atoms with Crippen LogP contribution in [0.5, 0.6) is 0 Å². The Hall–Kier alpha value is -1.40. The van der Waals surface area contributed by atoms with E-state index in [1.165, 1.54) is 23.7 Å². The van der Waals surface area contributed by atoms with Crippen LogP contribution in [-0.4, -0.2) is 26.8 Å². The monoisotopic (exact) mass is 235 g/mol. The minimum atomic E-state index is 0.835. The van der Waals surface area contributed by atoms with Crippen molar-refractivity contribution in [2.45, 2.75) is 16.7 Å². The highest BCUT2D eigenvalue weighted by molar-refractivity contribution is 7.99. The summed E-state index contributed by atoms with van der Waals surface area (Å²) in [5.41, 5.74) is 1.17. The molecule has 0 atom stereocenters. The summed E-state index contributed by atoms with van der Waals surface area (Å²) in [5.74, 6) is 0. The number of hydrogen-bond acceptors (Lipinski definition) is 5. The highest BCUT2D eigenvalue weighted by atomic mass is 32.2. The molecular weight excluding hydrogens is 222 g/mol. The van der Waals surface area contributed by atoms with Gasteiger partial charge < -0.3 is 5.32 Å². The fraction of sp³-hybridized carbons (Fsp3) is 0.300. The molecule has 0 radical (unpaired) electrons. The van der Waals surface area contributed by atoms with Crippen LogP contribution in [0.25, 0.3) is 0 Å². The molecule has 0 aliphatic rings. The molecule has 5 nitrogen and oxygen atoms in total. The van der Waals surface area contributed by atoms with Crippen molar-refractivity contribution in [1.82, 2.24) is 25.1 Å². The molecule has 0 saturated heterocycles. The van der Waals surface area contributed by atoms with E-state index in [9.17, 15) is 0 Å². The van der Waals surface area contributed by atoms with E-state index in [4.69, 9.17) is 0 Å². The Balaban J connectivity index is 2.08. The summed E-state index contributed by atoms with van der Waals surface area (Å²) >= 11 is 1.51. The van der Waals surface area contributed by atoms with Gasteiger partial charge in [-0.25, -0.2) is 14.6 Å². The highest BCUT2D eigenvalue weighted by Gasteiger charge is 2.04. The first-order valence-corrected chi connectivity index (χ1v) is 5.72.